The molecule has 1 saturated carbocycles. The third-order valence-electron chi connectivity index (χ3n) is 6.31. The van der Waals surface area contributed by atoms with Crippen LogP contribution in [0.5, 0.6) is 0 Å². The summed E-state index contributed by atoms with van der Waals surface area (Å²) in [6.07, 6.45) is 7.67. The van der Waals surface area contributed by atoms with Gasteiger partial charge in [-0.2, -0.15) is 0 Å². The van der Waals surface area contributed by atoms with Crippen LogP contribution < -0.4 is 16.0 Å². The second kappa shape index (κ2) is 9.07. The summed E-state index contributed by atoms with van der Waals surface area (Å²) in [5.74, 6) is 0.473. The highest BCUT2D eigenvalue weighted by molar-refractivity contribution is 6.31. The Morgan fingerprint density at radius 1 is 1.28 bits per heavy atom. The predicted octanol–water partition coefficient (Wildman–Crippen LogP) is 2.76. The lowest BCUT2D eigenvalue weighted by Gasteiger charge is -2.32. The van der Waals surface area contributed by atoms with Crippen molar-refractivity contribution in [1.29, 1.82) is 0 Å². The van der Waals surface area contributed by atoms with Crippen LogP contribution in [-0.4, -0.2) is 53.6 Å². The molecule has 0 aromatic carbocycles. The minimum absolute atomic E-state index is 0.0387. The highest BCUT2D eigenvalue weighted by Gasteiger charge is 2.29. The zero-order valence-corrected chi connectivity index (χ0v) is 18.3. The third-order valence-corrected chi connectivity index (χ3v) is 6.51. The summed E-state index contributed by atoms with van der Waals surface area (Å²) in [4.78, 5) is 24.3. The maximum Gasteiger partial charge on any atom is 0.225 e. The molecule has 1 unspecified atom stereocenters. The molecule has 0 radical (unpaired) electrons. The van der Waals surface area contributed by atoms with E-state index in [9.17, 15) is 9.18 Å². The van der Waals surface area contributed by atoms with E-state index in [1.54, 1.807) is 12.4 Å². The van der Waals surface area contributed by atoms with Crippen LogP contribution in [0.15, 0.2) is 35.1 Å². The Kier molecular flexibility index (Phi) is 6.01. The Hall–Kier alpha value is -2.65. The van der Waals surface area contributed by atoms with Gasteiger partial charge in [0.2, 0.25) is 5.91 Å². The second-order valence-electron chi connectivity index (χ2n) is 8.59. The number of aromatic amines is 1. The number of H-pyrrole nitrogens is 1. The van der Waals surface area contributed by atoms with E-state index in [1.165, 1.54) is 0 Å². The van der Waals surface area contributed by atoms with Crippen LogP contribution in [0.1, 0.15) is 37.7 Å². The highest BCUT2D eigenvalue weighted by Crippen LogP contribution is 2.25. The fourth-order valence-corrected chi connectivity index (χ4v) is 4.76. The van der Waals surface area contributed by atoms with Crippen LogP contribution >= 0.6 is 11.6 Å². The molecule has 3 aliphatic rings. The van der Waals surface area contributed by atoms with Gasteiger partial charge in [-0.15, -0.1) is 0 Å². The Morgan fingerprint density at radius 2 is 2.16 bits per heavy atom. The third kappa shape index (κ3) is 4.45. The zero-order chi connectivity index (χ0) is 22.1. The van der Waals surface area contributed by atoms with Crippen molar-refractivity contribution in [3.8, 4) is 0 Å². The molecule has 170 valence electrons. The van der Waals surface area contributed by atoms with Gasteiger partial charge in [0.15, 0.2) is 11.6 Å². The molecule has 0 spiro atoms. The molecule has 3 atom stereocenters. The molecule has 1 saturated heterocycles. The van der Waals surface area contributed by atoms with Crippen molar-refractivity contribution >= 4 is 34.4 Å². The number of amides is 1. The molecule has 4 heterocycles. The van der Waals surface area contributed by atoms with Crippen molar-refractivity contribution in [1.82, 2.24) is 25.9 Å². The first-order chi connectivity index (χ1) is 15.6. The van der Waals surface area contributed by atoms with Gasteiger partial charge in [0.05, 0.1) is 24.1 Å². The molecule has 8 nitrogen and oxygen atoms in total. The number of aliphatic imine (C=N–C) groups is 1. The molecule has 1 aliphatic carbocycles. The van der Waals surface area contributed by atoms with Gasteiger partial charge in [0.1, 0.15) is 11.5 Å². The van der Waals surface area contributed by atoms with Crippen LogP contribution in [0.3, 0.4) is 0 Å². The number of nitrogens with one attached hydrogen (secondary N) is 4. The lowest BCUT2D eigenvalue weighted by atomic mass is 9.90. The summed E-state index contributed by atoms with van der Waals surface area (Å²) in [5.41, 5.74) is 1.48. The van der Waals surface area contributed by atoms with Gasteiger partial charge >= 0.3 is 0 Å². The topological polar surface area (TPSA) is 103 Å². The van der Waals surface area contributed by atoms with Crippen molar-refractivity contribution in [3.05, 3.63) is 40.7 Å². The van der Waals surface area contributed by atoms with E-state index in [2.05, 4.69) is 30.9 Å². The van der Waals surface area contributed by atoms with Gasteiger partial charge in [0, 0.05) is 42.0 Å². The number of hydrogen-bond donors (Lipinski definition) is 4. The number of aromatic nitrogens is 2. The van der Waals surface area contributed by atoms with E-state index in [-0.39, 0.29) is 42.1 Å². The van der Waals surface area contributed by atoms with E-state index in [4.69, 9.17) is 16.3 Å². The van der Waals surface area contributed by atoms with Crippen molar-refractivity contribution < 1.29 is 13.9 Å². The SMILES string of the molecule is O=C(N[C@@H]1CCC[C@H](NC2=C(F)CNC(c3c[nH]c4ncc(Cl)cc34)=N2)C1)C1CCOC1. The number of rotatable bonds is 5. The molecular formula is C22H26ClFN6O2. The summed E-state index contributed by atoms with van der Waals surface area (Å²) >= 11 is 6.10. The monoisotopic (exact) mass is 460 g/mol. The maximum absolute atomic E-state index is 14.6. The minimum atomic E-state index is -0.334. The lowest BCUT2D eigenvalue weighted by Crippen LogP contribution is -2.46. The normalized spacial score (nSPS) is 26.1. The van der Waals surface area contributed by atoms with E-state index < -0.39 is 0 Å². The fourth-order valence-electron chi connectivity index (χ4n) is 4.60. The zero-order valence-electron chi connectivity index (χ0n) is 17.6. The standard InChI is InChI=1S/C22H26ClFN6O2/c23-13-6-16-17(9-26-19(16)25-8-13)20-27-10-18(24)21(30-20)28-14-2-1-3-15(7-14)29-22(31)12-4-5-32-11-12/h6,8-9,12,14-15,28H,1-5,7,10-11H2,(H,25,26)(H,27,30)(H,29,31)/t12?,14-,15+/m0/s1. The molecule has 5 rings (SSSR count). The molecule has 4 N–H and O–H groups in total. The Bertz CT molecular complexity index is 1080. The second-order valence-corrected chi connectivity index (χ2v) is 9.03. The van der Waals surface area contributed by atoms with Crippen LogP contribution in [-0.2, 0) is 9.53 Å². The average molecular weight is 461 g/mol. The average Bonchev–Trinajstić information content (AvgIpc) is 3.46. The number of ether oxygens (including phenoxy) is 1. The molecular weight excluding hydrogens is 435 g/mol. The van der Waals surface area contributed by atoms with Gasteiger partial charge in [-0.3, -0.25) is 4.79 Å². The molecule has 0 bridgehead atoms. The van der Waals surface area contributed by atoms with Crippen LogP contribution in [0.4, 0.5) is 4.39 Å². The maximum atomic E-state index is 14.6. The van der Waals surface area contributed by atoms with Crippen molar-refractivity contribution in [2.45, 2.75) is 44.2 Å². The molecule has 2 aliphatic heterocycles. The first kappa shape index (κ1) is 21.2. The van der Waals surface area contributed by atoms with Crippen molar-refractivity contribution in [2.75, 3.05) is 19.8 Å². The van der Waals surface area contributed by atoms with Crippen LogP contribution in [0.25, 0.3) is 11.0 Å². The number of hydrogen-bond acceptors (Lipinski definition) is 6. The van der Waals surface area contributed by atoms with Crippen LogP contribution in [0.2, 0.25) is 5.02 Å². The van der Waals surface area contributed by atoms with Gasteiger partial charge in [-0.25, -0.2) is 14.4 Å². The van der Waals surface area contributed by atoms with Crippen molar-refractivity contribution in [2.24, 2.45) is 10.9 Å². The van der Waals surface area contributed by atoms with Crippen molar-refractivity contribution in [3.63, 3.8) is 0 Å². The number of fused-ring (bicyclic) bond motifs is 1. The summed E-state index contributed by atoms with van der Waals surface area (Å²) in [5, 5.41) is 10.8. The molecule has 2 aromatic rings. The molecule has 32 heavy (non-hydrogen) atoms. The van der Waals surface area contributed by atoms with Gasteiger partial charge in [-0.1, -0.05) is 11.6 Å². The fraction of sp³-hybridized carbons (Fsp3) is 0.500. The number of nitrogens with zero attached hydrogens (tertiary/aromatic N) is 2. The first-order valence-electron chi connectivity index (χ1n) is 11.1. The smallest absolute Gasteiger partial charge is 0.225 e. The Balaban J connectivity index is 1.28. The minimum Gasteiger partial charge on any atom is -0.381 e. The predicted molar refractivity (Wildman–Crippen MR) is 120 cm³/mol. The quantitative estimate of drug-likeness (QED) is 0.549. The largest absolute Gasteiger partial charge is 0.381 e. The molecule has 10 heteroatoms. The van der Waals surface area contributed by atoms with E-state index in [1.807, 2.05) is 6.07 Å². The number of carbonyl (C=O) groups is 1. The molecule has 2 aromatic heterocycles. The van der Waals surface area contributed by atoms with Crippen LogP contribution in [0, 0.1) is 5.92 Å². The number of pyridine rings is 1. The summed E-state index contributed by atoms with van der Waals surface area (Å²) in [7, 11) is 0. The number of carbonyl (C=O) groups excluding carboxylic acids is 1. The molecule has 1 amide bonds. The Labute approximate surface area is 190 Å². The summed E-state index contributed by atoms with van der Waals surface area (Å²) in [6, 6.07) is 1.92. The lowest BCUT2D eigenvalue weighted by molar-refractivity contribution is -0.125. The highest BCUT2D eigenvalue weighted by atomic mass is 35.5. The summed E-state index contributed by atoms with van der Waals surface area (Å²) in [6.45, 7) is 1.20. The van der Waals surface area contributed by atoms with E-state index >= 15 is 0 Å². The van der Waals surface area contributed by atoms with Gasteiger partial charge in [-0.05, 0) is 38.2 Å². The molecule has 2 fully saturated rings. The number of amidine groups is 1. The Morgan fingerprint density at radius 3 is 3.00 bits per heavy atom. The van der Waals surface area contributed by atoms with Gasteiger partial charge in [0.25, 0.3) is 0 Å². The first-order valence-corrected chi connectivity index (χ1v) is 11.4. The van der Waals surface area contributed by atoms with E-state index in [0.717, 1.165) is 43.1 Å². The van der Waals surface area contributed by atoms with E-state index in [0.29, 0.717) is 29.7 Å². The number of halogens is 2. The van der Waals surface area contributed by atoms with Gasteiger partial charge < -0.3 is 25.7 Å². The summed E-state index contributed by atoms with van der Waals surface area (Å²) < 4.78 is 20.0.